The summed E-state index contributed by atoms with van der Waals surface area (Å²) in [6.45, 7) is 2.02. The van der Waals surface area contributed by atoms with Gasteiger partial charge in [0.05, 0.1) is 0 Å². The minimum Gasteiger partial charge on any atom is -0.372 e. The average molecular weight is 279 g/mol. The number of hydrogen-bond donors (Lipinski definition) is 1. The summed E-state index contributed by atoms with van der Waals surface area (Å²) in [4.78, 5) is 0. The number of hydrogen-bond acceptors (Lipinski definition) is 2. The lowest BCUT2D eigenvalue weighted by Crippen LogP contribution is -2.20. The van der Waals surface area contributed by atoms with Crippen LogP contribution in [0.2, 0.25) is 0 Å². The first-order chi connectivity index (χ1) is 8.70. The summed E-state index contributed by atoms with van der Waals surface area (Å²) in [7, 11) is 0. The molecule has 0 radical (unpaired) electrons. The second kappa shape index (κ2) is 6.34. The van der Waals surface area contributed by atoms with Gasteiger partial charge in [-0.25, -0.2) is 4.39 Å². The molecule has 1 rings (SSSR count). The summed E-state index contributed by atoms with van der Waals surface area (Å²) in [6, 6.07) is 2.47. The van der Waals surface area contributed by atoms with Crippen molar-refractivity contribution >= 4 is 0 Å². The Labute approximate surface area is 109 Å². The van der Waals surface area contributed by atoms with Gasteiger partial charge in [-0.15, -0.1) is 0 Å². The van der Waals surface area contributed by atoms with Crippen molar-refractivity contribution in [1.82, 2.24) is 0 Å². The second-order valence-electron chi connectivity index (χ2n) is 4.54. The molecule has 2 N–H and O–H groups in total. The van der Waals surface area contributed by atoms with E-state index in [-0.39, 0.29) is 13.0 Å². The zero-order valence-electron chi connectivity index (χ0n) is 10.9. The third-order valence-electron chi connectivity index (χ3n) is 2.69. The maximum atomic E-state index is 13.8. The van der Waals surface area contributed by atoms with E-state index in [1.807, 2.05) is 0 Å². The fourth-order valence-electron chi connectivity index (χ4n) is 1.94. The van der Waals surface area contributed by atoms with E-state index >= 15 is 0 Å². The molecule has 0 aromatic heterocycles. The number of alkyl halides is 3. The summed E-state index contributed by atoms with van der Waals surface area (Å²) in [5.74, 6) is -0.430. The highest BCUT2D eigenvalue weighted by Gasteiger charge is 2.27. The quantitative estimate of drug-likeness (QED) is 0.662. The van der Waals surface area contributed by atoms with Crippen molar-refractivity contribution in [3.05, 3.63) is 34.6 Å². The molecule has 6 heteroatoms. The third kappa shape index (κ3) is 5.16. The molecule has 1 atom stereocenters. The van der Waals surface area contributed by atoms with Gasteiger partial charge in [-0.3, -0.25) is 0 Å². The van der Waals surface area contributed by atoms with Crippen LogP contribution in [0.5, 0.6) is 0 Å². The van der Waals surface area contributed by atoms with Gasteiger partial charge in [-0.2, -0.15) is 13.2 Å². The van der Waals surface area contributed by atoms with Crippen LogP contribution in [-0.4, -0.2) is 19.4 Å². The number of halogens is 4. The largest absolute Gasteiger partial charge is 0.411 e. The zero-order valence-corrected chi connectivity index (χ0v) is 10.9. The monoisotopic (exact) mass is 279 g/mol. The third-order valence-corrected chi connectivity index (χ3v) is 2.69. The lowest BCUT2D eigenvalue weighted by Gasteiger charge is -2.17. The van der Waals surface area contributed by atoms with Crippen LogP contribution in [0, 0.1) is 19.7 Å². The van der Waals surface area contributed by atoms with Gasteiger partial charge in [0.1, 0.15) is 12.4 Å². The molecule has 0 aliphatic heterocycles. The molecule has 0 amide bonds. The van der Waals surface area contributed by atoms with Crippen molar-refractivity contribution in [2.45, 2.75) is 32.5 Å². The minimum absolute atomic E-state index is 0.136. The van der Waals surface area contributed by atoms with E-state index in [0.717, 1.165) is 5.56 Å². The van der Waals surface area contributed by atoms with Crippen LogP contribution in [0.1, 0.15) is 29.2 Å². The Kier molecular flexibility index (Phi) is 5.31. The normalized spacial score (nSPS) is 13.6. The Morgan fingerprint density at radius 3 is 2.42 bits per heavy atom. The number of ether oxygens (including phenoxy) is 1. The summed E-state index contributed by atoms with van der Waals surface area (Å²) in [6.07, 6.45) is -4.22. The van der Waals surface area contributed by atoms with Crippen molar-refractivity contribution in [2.24, 2.45) is 5.73 Å². The molecular formula is C13H17F4NO. The lowest BCUT2D eigenvalue weighted by atomic mass is 9.97. The predicted octanol–water partition coefficient (Wildman–Crippen LogP) is 3.41. The molecule has 108 valence electrons. The van der Waals surface area contributed by atoms with Gasteiger partial charge >= 0.3 is 6.18 Å². The highest BCUT2D eigenvalue weighted by Crippen LogP contribution is 2.24. The van der Waals surface area contributed by atoms with Gasteiger partial charge in [-0.05, 0) is 37.5 Å². The molecule has 0 aliphatic carbocycles. The standard InChI is InChI=1S/C13H17F4NO/c1-8-5-9(2)12(10(14)6-8)11(18)3-4-19-7-13(15,16)17/h5-6,11H,3-4,7,18H2,1-2H3. The Hall–Kier alpha value is -1.14. The molecule has 0 heterocycles. The predicted molar refractivity (Wildman–Crippen MR) is 64.3 cm³/mol. The second-order valence-corrected chi connectivity index (χ2v) is 4.54. The van der Waals surface area contributed by atoms with E-state index in [9.17, 15) is 17.6 Å². The van der Waals surface area contributed by atoms with Crippen LogP contribution >= 0.6 is 0 Å². The highest BCUT2D eigenvalue weighted by molar-refractivity contribution is 5.34. The van der Waals surface area contributed by atoms with Gasteiger partial charge < -0.3 is 10.5 Å². The van der Waals surface area contributed by atoms with E-state index in [4.69, 9.17) is 5.73 Å². The molecule has 19 heavy (non-hydrogen) atoms. The molecule has 0 bridgehead atoms. The SMILES string of the molecule is Cc1cc(C)c(C(N)CCOCC(F)(F)F)c(F)c1. The van der Waals surface area contributed by atoms with E-state index in [2.05, 4.69) is 4.74 Å². The summed E-state index contributed by atoms with van der Waals surface area (Å²) in [5, 5.41) is 0. The van der Waals surface area contributed by atoms with Crippen molar-refractivity contribution in [3.8, 4) is 0 Å². The number of aryl methyl sites for hydroxylation is 2. The Balaban J connectivity index is 2.57. The molecule has 1 unspecified atom stereocenters. The molecule has 0 aliphatic rings. The molecule has 1 aromatic rings. The van der Waals surface area contributed by atoms with Gasteiger partial charge in [0, 0.05) is 18.2 Å². The fourth-order valence-corrected chi connectivity index (χ4v) is 1.94. The van der Waals surface area contributed by atoms with E-state index in [1.54, 1.807) is 19.9 Å². The lowest BCUT2D eigenvalue weighted by molar-refractivity contribution is -0.174. The van der Waals surface area contributed by atoms with Gasteiger partial charge in [0.2, 0.25) is 0 Å². The van der Waals surface area contributed by atoms with Crippen LogP contribution in [0.3, 0.4) is 0 Å². The topological polar surface area (TPSA) is 35.2 Å². The summed E-state index contributed by atoms with van der Waals surface area (Å²) < 4.78 is 53.8. The summed E-state index contributed by atoms with van der Waals surface area (Å²) >= 11 is 0. The van der Waals surface area contributed by atoms with Crippen LogP contribution in [0.4, 0.5) is 17.6 Å². The first kappa shape index (κ1) is 15.9. The Bertz CT molecular complexity index is 408. The van der Waals surface area contributed by atoms with E-state index < -0.39 is 24.6 Å². The van der Waals surface area contributed by atoms with Crippen LogP contribution in [0.15, 0.2) is 12.1 Å². The maximum Gasteiger partial charge on any atom is 0.411 e. The van der Waals surface area contributed by atoms with E-state index in [1.165, 1.54) is 6.07 Å². The molecule has 0 fully saturated rings. The van der Waals surface area contributed by atoms with Gasteiger partial charge in [0.15, 0.2) is 0 Å². The summed E-state index contributed by atoms with van der Waals surface area (Å²) in [5.41, 5.74) is 7.60. The number of rotatable bonds is 5. The van der Waals surface area contributed by atoms with E-state index in [0.29, 0.717) is 11.1 Å². The number of nitrogens with two attached hydrogens (primary N) is 1. The van der Waals surface area contributed by atoms with Crippen molar-refractivity contribution in [2.75, 3.05) is 13.2 Å². The number of benzene rings is 1. The fraction of sp³-hybridized carbons (Fsp3) is 0.538. The van der Waals surface area contributed by atoms with Gasteiger partial charge in [-0.1, -0.05) is 6.07 Å². The van der Waals surface area contributed by atoms with Crippen molar-refractivity contribution in [3.63, 3.8) is 0 Å². The van der Waals surface area contributed by atoms with Gasteiger partial charge in [0.25, 0.3) is 0 Å². The smallest absolute Gasteiger partial charge is 0.372 e. The van der Waals surface area contributed by atoms with Crippen molar-refractivity contribution in [1.29, 1.82) is 0 Å². The Morgan fingerprint density at radius 1 is 1.26 bits per heavy atom. The minimum atomic E-state index is -4.35. The zero-order chi connectivity index (χ0) is 14.6. The molecule has 0 saturated carbocycles. The molecular weight excluding hydrogens is 262 g/mol. The highest BCUT2D eigenvalue weighted by atomic mass is 19.4. The van der Waals surface area contributed by atoms with Crippen LogP contribution < -0.4 is 5.73 Å². The maximum absolute atomic E-state index is 13.8. The molecule has 0 saturated heterocycles. The van der Waals surface area contributed by atoms with Crippen LogP contribution in [-0.2, 0) is 4.74 Å². The molecule has 2 nitrogen and oxygen atoms in total. The first-order valence-corrected chi connectivity index (χ1v) is 5.87. The van der Waals surface area contributed by atoms with Crippen molar-refractivity contribution < 1.29 is 22.3 Å². The first-order valence-electron chi connectivity index (χ1n) is 5.87. The average Bonchev–Trinajstić information content (AvgIpc) is 2.21. The Morgan fingerprint density at radius 2 is 1.89 bits per heavy atom. The molecule has 1 aromatic carbocycles. The molecule has 0 spiro atoms. The van der Waals surface area contributed by atoms with Crippen LogP contribution in [0.25, 0.3) is 0 Å².